The fraction of sp³-hybridized carbons (Fsp3) is 0.438. The van der Waals surface area contributed by atoms with E-state index in [9.17, 15) is 4.79 Å². The number of hydrogen-bond acceptors (Lipinski definition) is 3. The van der Waals surface area contributed by atoms with Crippen molar-refractivity contribution >= 4 is 6.29 Å². The third-order valence-electron chi connectivity index (χ3n) is 3.48. The van der Waals surface area contributed by atoms with Gasteiger partial charge in [0.05, 0.1) is 11.4 Å². The summed E-state index contributed by atoms with van der Waals surface area (Å²) in [6.07, 6.45) is 3.72. The summed E-state index contributed by atoms with van der Waals surface area (Å²) in [6, 6.07) is 8.28. The van der Waals surface area contributed by atoms with Crippen molar-refractivity contribution in [2.24, 2.45) is 0 Å². The fourth-order valence-corrected chi connectivity index (χ4v) is 2.19. The molecule has 0 aliphatic rings. The number of rotatable bonds is 6. The van der Waals surface area contributed by atoms with Crippen molar-refractivity contribution in [1.29, 1.82) is 0 Å². The maximum atomic E-state index is 11.1. The molecule has 20 heavy (non-hydrogen) atoms. The molecular weight excluding hydrogens is 250 g/mol. The zero-order valence-electron chi connectivity index (χ0n) is 12.3. The summed E-state index contributed by atoms with van der Waals surface area (Å²) in [5.74, 6) is 0.505. The van der Waals surface area contributed by atoms with Gasteiger partial charge in [-0.2, -0.15) is 0 Å². The van der Waals surface area contributed by atoms with E-state index < -0.39 is 0 Å². The summed E-state index contributed by atoms with van der Waals surface area (Å²) in [7, 11) is 0. The second-order valence-electron chi connectivity index (χ2n) is 5.30. The minimum absolute atomic E-state index is 0.450. The number of nitrogens with zero attached hydrogens (tertiary/aromatic N) is 3. The highest BCUT2D eigenvalue weighted by molar-refractivity contribution is 5.73. The van der Waals surface area contributed by atoms with Gasteiger partial charge in [-0.05, 0) is 36.5 Å². The van der Waals surface area contributed by atoms with Gasteiger partial charge in [-0.1, -0.05) is 44.5 Å². The lowest BCUT2D eigenvalue weighted by atomic mass is 10.0. The Morgan fingerprint density at radius 1 is 1.25 bits per heavy atom. The molecule has 1 aromatic carbocycles. The highest BCUT2D eigenvalue weighted by atomic mass is 16.1. The first kappa shape index (κ1) is 14.4. The van der Waals surface area contributed by atoms with Crippen LogP contribution in [0.4, 0.5) is 0 Å². The van der Waals surface area contributed by atoms with E-state index in [4.69, 9.17) is 0 Å². The number of aromatic nitrogens is 3. The molecule has 0 aliphatic heterocycles. The van der Waals surface area contributed by atoms with Gasteiger partial charge in [0.15, 0.2) is 6.29 Å². The molecule has 0 saturated heterocycles. The second-order valence-corrected chi connectivity index (χ2v) is 5.30. The molecule has 2 rings (SSSR count). The van der Waals surface area contributed by atoms with Crippen LogP contribution in [0.3, 0.4) is 0 Å². The van der Waals surface area contributed by atoms with E-state index in [1.165, 1.54) is 5.56 Å². The molecule has 0 atom stereocenters. The minimum atomic E-state index is 0.450. The lowest BCUT2D eigenvalue weighted by Gasteiger charge is -2.09. The molecule has 0 radical (unpaired) electrons. The van der Waals surface area contributed by atoms with Crippen LogP contribution in [-0.4, -0.2) is 21.3 Å². The minimum Gasteiger partial charge on any atom is -0.296 e. The van der Waals surface area contributed by atoms with Crippen molar-refractivity contribution in [3.8, 4) is 5.69 Å². The van der Waals surface area contributed by atoms with Crippen LogP contribution in [0.25, 0.3) is 5.69 Å². The third kappa shape index (κ3) is 2.95. The topological polar surface area (TPSA) is 47.8 Å². The summed E-state index contributed by atoms with van der Waals surface area (Å²) >= 11 is 0. The van der Waals surface area contributed by atoms with Gasteiger partial charge in [0.25, 0.3) is 0 Å². The van der Waals surface area contributed by atoms with Crippen LogP contribution >= 0.6 is 0 Å². The Morgan fingerprint density at radius 3 is 2.50 bits per heavy atom. The van der Waals surface area contributed by atoms with E-state index in [0.717, 1.165) is 36.9 Å². The molecule has 0 spiro atoms. The monoisotopic (exact) mass is 271 g/mol. The Morgan fingerprint density at radius 2 is 1.95 bits per heavy atom. The summed E-state index contributed by atoms with van der Waals surface area (Å²) in [6.45, 7) is 6.47. The summed E-state index contributed by atoms with van der Waals surface area (Å²) in [5, 5.41) is 8.09. The molecule has 0 saturated carbocycles. The zero-order valence-corrected chi connectivity index (χ0v) is 12.3. The molecule has 0 N–H and O–H groups in total. The first-order chi connectivity index (χ1) is 9.67. The van der Waals surface area contributed by atoms with Gasteiger partial charge in [-0.3, -0.25) is 4.79 Å². The van der Waals surface area contributed by atoms with E-state index in [1.807, 2.05) is 12.1 Å². The predicted octanol–water partition coefficient (Wildman–Crippen LogP) is 3.55. The van der Waals surface area contributed by atoms with E-state index in [2.05, 4.69) is 43.2 Å². The average molecular weight is 271 g/mol. The maximum absolute atomic E-state index is 11.1. The van der Waals surface area contributed by atoms with Crippen LogP contribution in [0.5, 0.6) is 0 Å². The summed E-state index contributed by atoms with van der Waals surface area (Å²) < 4.78 is 1.78. The van der Waals surface area contributed by atoms with Crippen molar-refractivity contribution in [2.75, 3.05) is 0 Å². The molecule has 0 unspecified atom stereocenters. The predicted molar refractivity (Wildman–Crippen MR) is 79.4 cm³/mol. The van der Waals surface area contributed by atoms with Gasteiger partial charge < -0.3 is 0 Å². The molecule has 4 heteroatoms. The molecule has 0 aliphatic carbocycles. The fourth-order valence-electron chi connectivity index (χ4n) is 2.19. The van der Waals surface area contributed by atoms with E-state index in [0.29, 0.717) is 11.6 Å². The van der Waals surface area contributed by atoms with Crippen molar-refractivity contribution in [2.45, 2.75) is 46.0 Å². The molecule has 4 nitrogen and oxygen atoms in total. The first-order valence-corrected chi connectivity index (χ1v) is 7.17. The molecule has 0 amide bonds. The normalized spacial score (nSPS) is 11.0. The summed E-state index contributed by atoms with van der Waals surface area (Å²) in [5.41, 5.74) is 3.60. The summed E-state index contributed by atoms with van der Waals surface area (Å²) in [4.78, 5) is 11.1. The van der Waals surface area contributed by atoms with Crippen LogP contribution in [-0.2, 0) is 6.42 Å². The lowest BCUT2D eigenvalue weighted by molar-refractivity contribution is 0.111. The first-order valence-electron chi connectivity index (χ1n) is 7.17. The van der Waals surface area contributed by atoms with Crippen molar-refractivity contribution in [1.82, 2.24) is 15.0 Å². The standard InChI is InChI=1S/C16H21N3O/c1-4-5-6-16-15(11-20)17-18-19(16)14-9-7-13(8-10-14)12(2)3/h7-12H,4-6H2,1-3H3. The quantitative estimate of drug-likeness (QED) is 0.755. The maximum Gasteiger partial charge on any atom is 0.172 e. The van der Waals surface area contributed by atoms with Gasteiger partial charge in [0.1, 0.15) is 5.69 Å². The van der Waals surface area contributed by atoms with Crippen LogP contribution in [0.1, 0.15) is 61.3 Å². The lowest BCUT2D eigenvalue weighted by Crippen LogP contribution is -2.04. The van der Waals surface area contributed by atoms with Crippen LogP contribution in [0.15, 0.2) is 24.3 Å². The number of hydrogen-bond donors (Lipinski definition) is 0. The van der Waals surface area contributed by atoms with Crippen LogP contribution in [0.2, 0.25) is 0 Å². The largest absolute Gasteiger partial charge is 0.296 e. The molecule has 106 valence electrons. The van der Waals surface area contributed by atoms with Gasteiger partial charge in [-0.25, -0.2) is 4.68 Å². The molecule has 0 fully saturated rings. The zero-order chi connectivity index (χ0) is 14.5. The SMILES string of the molecule is CCCCc1c(C=O)nnn1-c1ccc(C(C)C)cc1. The van der Waals surface area contributed by atoms with Gasteiger partial charge >= 0.3 is 0 Å². The Labute approximate surface area is 119 Å². The van der Waals surface area contributed by atoms with Gasteiger partial charge in [-0.15, -0.1) is 5.10 Å². The van der Waals surface area contributed by atoms with E-state index in [-0.39, 0.29) is 0 Å². The molecule has 2 aromatic rings. The molecular formula is C16H21N3O. The smallest absolute Gasteiger partial charge is 0.172 e. The third-order valence-corrected chi connectivity index (χ3v) is 3.48. The van der Waals surface area contributed by atoms with Crippen molar-refractivity contribution in [3.05, 3.63) is 41.2 Å². The Bertz CT molecular complexity index is 570. The Balaban J connectivity index is 2.36. The second kappa shape index (κ2) is 6.46. The van der Waals surface area contributed by atoms with E-state index >= 15 is 0 Å². The van der Waals surface area contributed by atoms with Gasteiger partial charge in [0.2, 0.25) is 0 Å². The average Bonchev–Trinajstić information content (AvgIpc) is 2.88. The van der Waals surface area contributed by atoms with Gasteiger partial charge in [0, 0.05) is 0 Å². The number of carbonyl (C=O) groups excluding carboxylic acids is 1. The van der Waals surface area contributed by atoms with Crippen molar-refractivity contribution < 1.29 is 4.79 Å². The Kier molecular flexibility index (Phi) is 4.66. The number of aldehydes is 1. The highest BCUT2D eigenvalue weighted by Crippen LogP contribution is 2.19. The number of carbonyl (C=O) groups is 1. The molecule has 0 bridgehead atoms. The Hall–Kier alpha value is -1.97. The van der Waals surface area contributed by atoms with Crippen LogP contribution in [0, 0.1) is 0 Å². The number of benzene rings is 1. The number of unbranched alkanes of at least 4 members (excludes halogenated alkanes) is 1. The molecule has 1 heterocycles. The molecule has 1 aromatic heterocycles. The highest BCUT2D eigenvalue weighted by Gasteiger charge is 2.13. The van der Waals surface area contributed by atoms with E-state index in [1.54, 1.807) is 4.68 Å². The van der Waals surface area contributed by atoms with Crippen LogP contribution < -0.4 is 0 Å². The van der Waals surface area contributed by atoms with Crippen molar-refractivity contribution in [3.63, 3.8) is 0 Å².